The molecule has 2 amide bonds. The number of carbonyl (C=O) groups excluding carboxylic acids is 2. The van der Waals surface area contributed by atoms with Crippen LogP contribution in [0.25, 0.3) is 22.2 Å². The van der Waals surface area contributed by atoms with Gasteiger partial charge in [-0.2, -0.15) is 0 Å². The predicted octanol–water partition coefficient (Wildman–Crippen LogP) is 5.21. The van der Waals surface area contributed by atoms with E-state index in [2.05, 4.69) is 44.6 Å². The quantitative estimate of drug-likeness (QED) is 0.264. The number of aromatic amines is 1. The van der Waals surface area contributed by atoms with E-state index < -0.39 is 0 Å². The third kappa shape index (κ3) is 5.53. The van der Waals surface area contributed by atoms with E-state index in [-0.39, 0.29) is 23.9 Å². The van der Waals surface area contributed by atoms with Gasteiger partial charge in [0, 0.05) is 52.2 Å². The zero-order valence-electron chi connectivity index (χ0n) is 20.8. The van der Waals surface area contributed by atoms with Gasteiger partial charge in [-0.05, 0) is 74.6 Å². The molecule has 188 valence electrons. The summed E-state index contributed by atoms with van der Waals surface area (Å²) in [5.41, 5.74) is 5.22. The van der Waals surface area contributed by atoms with E-state index in [4.69, 9.17) is 4.98 Å². The molecule has 0 radical (unpaired) electrons. The van der Waals surface area contributed by atoms with Crippen molar-refractivity contribution in [1.29, 1.82) is 0 Å². The van der Waals surface area contributed by atoms with Crippen molar-refractivity contribution < 1.29 is 9.59 Å². The van der Waals surface area contributed by atoms with Gasteiger partial charge >= 0.3 is 0 Å². The van der Waals surface area contributed by atoms with E-state index in [9.17, 15) is 9.59 Å². The fraction of sp³-hybridized carbons (Fsp3) is 0.241. The van der Waals surface area contributed by atoms with Crippen LogP contribution in [0.1, 0.15) is 41.6 Å². The lowest BCUT2D eigenvalue weighted by Gasteiger charge is -2.30. The molecule has 2 aromatic carbocycles. The zero-order chi connectivity index (χ0) is 25.8. The van der Waals surface area contributed by atoms with Gasteiger partial charge in [0.15, 0.2) is 0 Å². The molecule has 4 aromatic rings. The maximum Gasteiger partial charge on any atom is 0.251 e. The minimum atomic E-state index is -0.288. The first kappa shape index (κ1) is 24.2. The number of H-pyrrole nitrogens is 1. The van der Waals surface area contributed by atoms with Gasteiger partial charge in [0.2, 0.25) is 11.9 Å². The molecule has 1 saturated carbocycles. The number of nitrogens with zero attached hydrogens (tertiary/aromatic N) is 2. The SMILES string of the molecule is C=CC(=O)Nc1ccc(C(=O)NC2CCCC(Nc3ncc(C)c(-c4c[nH]c5ccccc45)n3)C2)cc1. The fourth-order valence-electron chi connectivity index (χ4n) is 4.85. The number of benzene rings is 2. The fourth-order valence-corrected chi connectivity index (χ4v) is 4.85. The van der Waals surface area contributed by atoms with E-state index >= 15 is 0 Å². The summed E-state index contributed by atoms with van der Waals surface area (Å²) in [5, 5.41) is 10.5. The van der Waals surface area contributed by atoms with Crippen molar-refractivity contribution in [3.8, 4) is 11.3 Å². The van der Waals surface area contributed by atoms with Gasteiger partial charge in [-0.25, -0.2) is 9.97 Å². The Kier molecular flexibility index (Phi) is 6.98. The van der Waals surface area contributed by atoms with Crippen molar-refractivity contribution in [1.82, 2.24) is 20.3 Å². The number of hydrogen-bond acceptors (Lipinski definition) is 5. The van der Waals surface area contributed by atoms with Gasteiger partial charge in [-0.1, -0.05) is 24.8 Å². The molecule has 37 heavy (non-hydrogen) atoms. The Balaban J connectivity index is 1.23. The number of nitrogens with one attached hydrogen (secondary N) is 4. The maximum atomic E-state index is 12.8. The highest BCUT2D eigenvalue weighted by atomic mass is 16.2. The van der Waals surface area contributed by atoms with Crippen molar-refractivity contribution in [2.24, 2.45) is 0 Å². The van der Waals surface area contributed by atoms with Crippen molar-refractivity contribution in [2.75, 3.05) is 10.6 Å². The Hall–Kier alpha value is -4.46. The summed E-state index contributed by atoms with van der Waals surface area (Å²) in [7, 11) is 0. The Morgan fingerprint density at radius 1 is 1.08 bits per heavy atom. The second-order valence-electron chi connectivity index (χ2n) is 9.42. The molecule has 2 heterocycles. The number of carbonyl (C=O) groups is 2. The van der Waals surface area contributed by atoms with Gasteiger partial charge in [0.25, 0.3) is 5.91 Å². The average molecular weight is 495 g/mol. The normalized spacial score (nSPS) is 17.2. The highest BCUT2D eigenvalue weighted by Crippen LogP contribution is 2.30. The number of hydrogen-bond donors (Lipinski definition) is 4. The maximum absolute atomic E-state index is 12.8. The molecule has 5 rings (SSSR count). The Bertz CT molecular complexity index is 1440. The van der Waals surface area contributed by atoms with Crippen LogP contribution >= 0.6 is 0 Å². The summed E-state index contributed by atoms with van der Waals surface area (Å²) in [4.78, 5) is 37.0. The van der Waals surface area contributed by atoms with Gasteiger partial charge in [0.05, 0.1) is 5.69 Å². The molecule has 1 aliphatic carbocycles. The topological polar surface area (TPSA) is 112 Å². The minimum absolute atomic E-state index is 0.0532. The summed E-state index contributed by atoms with van der Waals surface area (Å²) in [5.74, 6) is 0.185. The van der Waals surface area contributed by atoms with Crippen LogP contribution in [0.3, 0.4) is 0 Å². The van der Waals surface area contributed by atoms with E-state index in [0.717, 1.165) is 53.4 Å². The number of aryl methyl sites for hydroxylation is 1. The number of fused-ring (bicyclic) bond motifs is 1. The molecule has 0 bridgehead atoms. The highest BCUT2D eigenvalue weighted by Gasteiger charge is 2.24. The van der Waals surface area contributed by atoms with E-state index in [1.165, 1.54) is 6.08 Å². The van der Waals surface area contributed by atoms with E-state index in [1.807, 2.05) is 31.5 Å². The number of aromatic nitrogens is 3. The van der Waals surface area contributed by atoms with Crippen LogP contribution in [0, 0.1) is 6.92 Å². The standard InChI is InChI=1S/C29H30N6O2/c1-3-26(36)32-20-13-11-19(12-14-20)28(37)33-21-7-6-8-22(15-21)34-29-31-16-18(2)27(35-29)24-17-30-25-10-5-4-9-23(24)25/h3-5,9-14,16-17,21-22,30H,1,6-8,15H2,2H3,(H,32,36)(H,33,37)(H,31,34,35). The third-order valence-electron chi connectivity index (χ3n) is 6.76. The monoisotopic (exact) mass is 494 g/mol. The zero-order valence-corrected chi connectivity index (χ0v) is 20.8. The van der Waals surface area contributed by atoms with Crippen molar-refractivity contribution >= 4 is 34.4 Å². The molecule has 0 spiro atoms. The Morgan fingerprint density at radius 2 is 1.86 bits per heavy atom. The lowest BCUT2D eigenvalue weighted by molar-refractivity contribution is -0.111. The van der Waals surface area contributed by atoms with Crippen molar-refractivity contribution in [2.45, 2.75) is 44.7 Å². The molecule has 0 saturated heterocycles. The molecule has 2 atom stereocenters. The minimum Gasteiger partial charge on any atom is -0.360 e. The molecule has 4 N–H and O–H groups in total. The number of amides is 2. The molecule has 1 fully saturated rings. The smallest absolute Gasteiger partial charge is 0.251 e. The molecule has 2 unspecified atom stereocenters. The molecular formula is C29H30N6O2. The number of para-hydroxylation sites is 1. The van der Waals surface area contributed by atoms with Gasteiger partial charge in [0.1, 0.15) is 0 Å². The van der Waals surface area contributed by atoms with E-state index in [1.54, 1.807) is 24.3 Å². The largest absolute Gasteiger partial charge is 0.360 e. The van der Waals surface area contributed by atoms with Crippen LogP contribution in [0.5, 0.6) is 0 Å². The van der Waals surface area contributed by atoms with Gasteiger partial charge in [-0.3, -0.25) is 9.59 Å². The first-order chi connectivity index (χ1) is 18.0. The van der Waals surface area contributed by atoms with Crippen LogP contribution in [0.15, 0.2) is 73.6 Å². The molecule has 2 aromatic heterocycles. The summed E-state index contributed by atoms with van der Waals surface area (Å²) in [6, 6.07) is 15.2. The number of anilines is 2. The van der Waals surface area contributed by atoms with E-state index in [0.29, 0.717) is 17.2 Å². The summed E-state index contributed by atoms with van der Waals surface area (Å²) in [6.45, 7) is 5.46. The van der Waals surface area contributed by atoms with Crippen LogP contribution in [-0.2, 0) is 4.79 Å². The first-order valence-electron chi connectivity index (χ1n) is 12.5. The number of rotatable bonds is 7. The van der Waals surface area contributed by atoms with Crippen LogP contribution in [0.4, 0.5) is 11.6 Å². The molecule has 8 heteroatoms. The van der Waals surface area contributed by atoms with Gasteiger partial charge < -0.3 is 20.9 Å². The molecule has 1 aliphatic rings. The summed E-state index contributed by atoms with van der Waals surface area (Å²) in [6.07, 6.45) is 8.76. The first-order valence-corrected chi connectivity index (χ1v) is 12.5. The molecule has 0 aliphatic heterocycles. The lowest BCUT2D eigenvalue weighted by atomic mass is 9.91. The summed E-state index contributed by atoms with van der Waals surface area (Å²) < 4.78 is 0. The third-order valence-corrected chi connectivity index (χ3v) is 6.76. The van der Waals surface area contributed by atoms with Crippen molar-refractivity contribution in [3.05, 3.63) is 84.7 Å². The molecular weight excluding hydrogens is 464 g/mol. The summed E-state index contributed by atoms with van der Waals surface area (Å²) >= 11 is 0. The van der Waals surface area contributed by atoms with Crippen molar-refractivity contribution in [3.63, 3.8) is 0 Å². The molecule has 8 nitrogen and oxygen atoms in total. The average Bonchev–Trinajstić information content (AvgIpc) is 3.34. The van der Waals surface area contributed by atoms with Gasteiger partial charge in [-0.15, -0.1) is 0 Å². The second kappa shape index (κ2) is 10.7. The predicted molar refractivity (Wildman–Crippen MR) is 146 cm³/mol. The second-order valence-corrected chi connectivity index (χ2v) is 9.42. The van der Waals surface area contributed by atoms with Crippen LogP contribution in [0.2, 0.25) is 0 Å². The lowest BCUT2D eigenvalue weighted by Crippen LogP contribution is -2.42. The van der Waals surface area contributed by atoms with Crippen LogP contribution < -0.4 is 16.0 Å². The highest BCUT2D eigenvalue weighted by molar-refractivity contribution is 6.00. The van der Waals surface area contributed by atoms with Crippen LogP contribution in [-0.4, -0.2) is 38.8 Å². The Labute approximate surface area is 215 Å². The Morgan fingerprint density at radius 3 is 2.68 bits per heavy atom.